The molecule has 0 unspecified atom stereocenters. The van der Waals surface area contributed by atoms with Crippen LogP contribution in [0.4, 0.5) is 0 Å². The van der Waals surface area contributed by atoms with Crippen molar-refractivity contribution in [1.29, 1.82) is 0 Å². The van der Waals surface area contributed by atoms with E-state index in [2.05, 4.69) is 17.2 Å². The van der Waals surface area contributed by atoms with Crippen molar-refractivity contribution in [3.63, 3.8) is 0 Å². The van der Waals surface area contributed by atoms with Crippen molar-refractivity contribution >= 4 is 16.2 Å². The second-order valence-electron chi connectivity index (χ2n) is 3.68. The van der Waals surface area contributed by atoms with E-state index in [9.17, 15) is 4.79 Å². The molecule has 0 N–H and O–H groups in total. The van der Waals surface area contributed by atoms with Crippen molar-refractivity contribution in [2.45, 2.75) is 45.1 Å². The molecular weight excluding hydrogens is 204 g/mol. The molecule has 0 atom stereocenters. The summed E-state index contributed by atoms with van der Waals surface area (Å²) in [5.41, 5.74) is 1.26. The number of hydrogen-bond acceptors (Lipinski definition) is 2. The zero-order valence-electron chi connectivity index (χ0n) is 9.29. The van der Waals surface area contributed by atoms with Crippen molar-refractivity contribution in [3.8, 4) is 0 Å². The Morgan fingerprint density at radius 2 is 2.13 bits per heavy atom. The van der Waals surface area contributed by atoms with Crippen LogP contribution in [0.15, 0.2) is 23.5 Å². The van der Waals surface area contributed by atoms with E-state index >= 15 is 0 Å². The van der Waals surface area contributed by atoms with Crippen LogP contribution in [0.1, 0.15) is 39.0 Å². The molecule has 0 aromatic carbocycles. The maximum Gasteiger partial charge on any atom is 0.336 e. The summed E-state index contributed by atoms with van der Waals surface area (Å²) < 4.78 is 5.10. The second-order valence-corrected chi connectivity index (χ2v) is 4.25. The van der Waals surface area contributed by atoms with Gasteiger partial charge in [-0.2, -0.15) is 0 Å². The smallest absolute Gasteiger partial charge is 0.336 e. The molecular formula is C12H18O2Si. The van der Waals surface area contributed by atoms with Crippen LogP contribution in [0.3, 0.4) is 0 Å². The van der Waals surface area contributed by atoms with Gasteiger partial charge in [0, 0.05) is 16.3 Å². The molecule has 0 spiro atoms. The van der Waals surface area contributed by atoms with Gasteiger partial charge in [0.15, 0.2) is 0 Å². The van der Waals surface area contributed by atoms with E-state index in [1.165, 1.54) is 37.0 Å². The monoisotopic (exact) mass is 222 g/mol. The normalized spacial score (nSPS) is 18.1. The number of carbonyl (C=O) groups excluding carboxylic acids is 1. The topological polar surface area (TPSA) is 26.3 Å². The van der Waals surface area contributed by atoms with Crippen LogP contribution >= 0.6 is 0 Å². The Labute approximate surface area is 94.8 Å². The van der Waals surface area contributed by atoms with Crippen molar-refractivity contribution in [3.05, 3.63) is 23.5 Å². The van der Waals surface area contributed by atoms with E-state index in [0.29, 0.717) is 0 Å². The molecule has 0 saturated carbocycles. The number of cyclic esters (lactones) is 1. The lowest BCUT2D eigenvalue weighted by Crippen LogP contribution is -1.95. The first kappa shape index (κ1) is 12.2. The summed E-state index contributed by atoms with van der Waals surface area (Å²) in [6.45, 7) is 2.11. The Morgan fingerprint density at radius 1 is 1.33 bits per heavy atom. The lowest BCUT2D eigenvalue weighted by Gasteiger charge is -2.07. The molecule has 0 aliphatic carbocycles. The average Bonchev–Trinajstić information content (AvgIpc) is 2.65. The minimum absolute atomic E-state index is 0.235. The number of ether oxygens (including phenoxy) is 1. The second kappa shape index (κ2) is 6.61. The molecule has 0 aromatic heterocycles. The van der Waals surface area contributed by atoms with Gasteiger partial charge < -0.3 is 4.74 Å². The molecule has 82 valence electrons. The van der Waals surface area contributed by atoms with E-state index in [1.807, 2.05) is 0 Å². The maximum absolute atomic E-state index is 10.9. The van der Waals surface area contributed by atoms with Crippen molar-refractivity contribution in [2.24, 2.45) is 0 Å². The van der Waals surface area contributed by atoms with Crippen LogP contribution < -0.4 is 0 Å². The maximum atomic E-state index is 10.9. The van der Waals surface area contributed by atoms with Crippen LogP contribution in [0.2, 0.25) is 6.04 Å². The minimum Gasteiger partial charge on any atom is -0.423 e. The first-order chi connectivity index (χ1) is 7.27. The Hall–Kier alpha value is -0.833. The standard InChI is InChI=1S/C12H18O2Si/c1-2-10(6-4-3-5-9-15)11-7-8-12(13)14-11/h7-8,15H,2-6,9H2,1H3/b11-10-. The van der Waals surface area contributed by atoms with Crippen molar-refractivity contribution < 1.29 is 9.53 Å². The molecule has 0 fully saturated rings. The van der Waals surface area contributed by atoms with E-state index in [0.717, 1.165) is 18.6 Å². The molecule has 0 aromatic rings. The van der Waals surface area contributed by atoms with Gasteiger partial charge in [-0.3, -0.25) is 0 Å². The fraction of sp³-hybridized carbons (Fsp3) is 0.583. The first-order valence-electron chi connectivity index (χ1n) is 5.60. The van der Waals surface area contributed by atoms with E-state index < -0.39 is 0 Å². The van der Waals surface area contributed by atoms with E-state index in [4.69, 9.17) is 4.74 Å². The number of esters is 1. The third-order valence-corrected chi connectivity index (χ3v) is 2.95. The predicted molar refractivity (Wildman–Crippen MR) is 63.0 cm³/mol. The number of rotatable bonds is 6. The zero-order valence-corrected chi connectivity index (χ0v) is 10.4. The number of carbonyl (C=O) groups is 1. The van der Waals surface area contributed by atoms with Gasteiger partial charge in [-0.1, -0.05) is 25.8 Å². The summed E-state index contributed by atoms with van der Waals surface area (Å²) in [6, 6.07) is 1.17. The number of unbranched alkanes of at least 4 members (excludes halogenated alkanes) is 2. The van der Waals surface area contributed by atoms with Crippen LogP contribution in [0, 0.1) is 0 Å². The van der Waals surface area contributed by atoms with Gasteiger partial charge >= 0.3 is 5.97 Å². The SMILES string of the molecule is CC/C(CCCCC[SiH])=C1\C=CC(=O)O1. The Kier molecular flexibility index (Phi) is 5.40. The van der Waals surface area contributed by atoms with Crippen molar-refractivity contribution in [1.82, 2.24) is 0 Å². The summed E-state index contributed by atoms with van der Waals surface area (Å²) >= 11 is 0. The van der Waals surface area contributed by atoms with Gasteiger partial charge in [0.25, 0.3) is 0 Å². The van der Waals surface area contributed by atoms with Crippen LogP contribution in [-0.2, 0) is 9.53 Å². The number of hydrogen-bond donors (Lipinski definition) is 0. The van der Waals surface area contributed by atoms with Gasteiger partial charge in [0.1, 0.15) is 5.76 Å². The fourth-order valence-corrected chi connectivity index (χ4v) is 1.93. The number of allylic oxidation sites excluding steroid dienone is 2. The highest BCUT2D eigenvalue weighted by Crippen LogP contribution is 2.22. The van der Waals surface area contributed by atoms with Crippen molar-refractivity contribution in [2.75, 3.05) is 0 Å². The Bertz CT molecular complexity index is 279. The van der Waals surface area contributed by atoms with Gasteiger partial charge in [-0.25, -0.2) is 4.79 Å². The molecule has 0 bridgehead atoms. The van der Waals surface area contributed by atoms with Crippen LogP contribution in [-0.4, -0.2) is 16.2 Å². The summed E-state index contributed by atoms with van der Waals surface area (Å²) in [7, 11) is 2.75. The molecule has 3 heteroatoms. The lowest BCUT2D eigenvalue weighted by molar-refractivity contribution is -0.132. The molecule has 1 aliphatic heterocycles. The van der Waals surface area contributed by atoms with Gasteiger partial charge in [0.05, 0.1) is 0 Å². The largest absolute Gasteiger partial charge is 0.423 e. The summed E-state index contributed by atoms with van der Waals surface area (Å²) in [5, 5.41) is 0. The molecule has 1 rings (SSSR count). The minimum atomic E-state index is -0.235. The zero-order chi connectivity index (χ0) is 11.1. The van der Waals surface area contributed by atoms with Gasteiger partial charge in [0.2, 0.25) is 0 Å². The molecule has 1 heterocycles. The highest BCUT2D eigenvalue weighted by atomic mass is 28.1. The van der Waals surface area contributed by atoms with E-state index in [-0.39, 0.29) is 5.97 Å². The Morgan fingerprint density at radius 3 is 2.67 bits per heavy atom. The third kappa shape index (κ3) is 4.04. The molecule has 0 saturated heterocycles. The van der Waals surface area contributed by atoms with Crippen LogP contribution in [0.25, 0.3) is 0 Å². The summed E-state index contributed by atoms with van der Waals surface area (Å²) in [6.07, 6.45) is 8.99. The Balaban J connectivity index is 2.42. The predicted octanol–water partition coefficient (Wildman–Crippen LogP) is 2.64. The molecule has 0 amide bonds. The quantitative estimate of drug-likeness (QED) is 0.392. The first-order valence-corrected chi connectivity index (χ1v) is 6.41. The van der Waals surface area contributed by atoms with E-state index in [1.54, 1.807) is 6.08 Å². The van der Waals surface area contributed by atoms with Crippen LogP contribution in [0.5, 0.6) is 0 Å². The highest BCUT2D eigenvalue weighted by Gasteiger charge is 2.13. The third-order valence-electron chi connectivity index (χ3n) is 2.54. The summed E-state index contributed by atoms with van der Waals surface area (Å²) in [4.78, 5) is 10.9. The average molecular weight is 222 g/mol. The lowest BCUT2D eigenvalue weighted by atomic mass is 10.0. The highest BCUT2D eigenvalue weighted by molar-refractivity contribution is 6.08. The molecule has 2 radical (unpaired) electrons. The molecule has 15 heavy (non-hydrogen) atoms. The summed E-state index contributed by atoms with van der Waals surface area (Å²) in [5.74, 6) is 0.550. The van der Waals surface area contributed by atoms with Gasteiger partial charge in [-0.05, 0) is 30.9 Å². The van der Waals surface area contributed by atoms with Gasteiger partial charge in [-0.15, -0.1) is 0 Å². The molecule has 1 aliphatic rings. The fourth-order valence-electron chi connectivity index (χ4n) is 1.64. The molecule has 2 nitrogen and oxygen atoms in total.